The lowest BCUT2D eigenvalue weighted by atomic mass is 9.76. The zero-order valence-electron chi connectivity index (χ0n) is 30.1. The number of carbonyl (C=O) groups is 5. The number of aliphatic hydroxyl groups excluding tert-OH is 1. The van der Waals surface area contributed by atoms with Crippen molar-refractivity contribution in [3.63, 3.8) is 0 Å². The summed E-state index contributed by atoms with van der Waals surface area (Å²) in [6.07, 6.45) is -2.43. The number of rotatable bonds is 13. The van der Waals surface area contributed by atoms with Gasteiger partial charge in [0.2, 0.25) is 11.8 Å². The lowest BCUT2D eigenvalue weighted by Gasteiger charge is -2.38. The number of carbonyl (C=O) groups excluding carboxylic acids is 5. The first-order chi connectivity index (χ1) is 24.8. The van der Waals surface area contributed by atoms with Crippen molar-refractivity contribution < 1.29 is 43.3 Å². The number of anilines is 1. The molecule has 276 valence electrons. The highest BCUT2D eigenvalue weighted by molar-refractivity contribution is 5.93. The summed E-state index contributed by atoms with van der Waals surface area (Å²) in [5, 5.41) is 19.7. The summed E-state index contributed by atoms with van der Waals surface area (Å²) < 4.78 is 16.1. The van der Waals surface area contributed by atoms with Crippen molar-refractivity contribution in [2.45, 2.75) is 76.7 Å². The van der Waals surface area contributed by atoms with E-state index in [0.29, 0.717) is 22.4 Å². The fraction of sp³-hybridized carbons (Fsp3) is 0.425. The third-order valence-corrected chi connectivity index (χ3v) is 9.47. The molecule has 0 bridgehead atoms. The molecule has 5 rings (SSSR count). The van der Waals surface area contributed by atoms with Gasteiger partial charge in [0.25, 0.3) is 0 Å². The molecular formula is C40H47N3O9. The third kappa shape index (κ3) is 7.81. The standard InChI is InChI=1S/C40H47N3O9/c1-6-50-35(47)33-32-29(44)24-39(34(32)33,36(48)51-7-2)42-30(45)22-23-31(46)43-40(25-16-10-8-11-17-25,26-18-12-9-13-19-26)27-20-14-15-21-28(27)41-37(49)52-38(3,4)5/h8-21,29,32-34,44H,6-7,22-24H2,1-5H3,(H,41,49)(H,42,45)(H,43,46)/t29-,32-,33-,34-,39-/m0/s1. The smallest absolute Gasteiger partial charge is 0.412 e. The zero-order chi connectivity index (χ0) is 37.7. The molecule has 2 aliphatic rings. The number of benzene rings is 3. The Morgan fingerprint density at radius 3 is 1.92 bits per heavy atom. The van der Waals surface area contributed by atoms with Crippen molar-refractivity contribution in [2.24, 2.45) is 17.8 Å². The van der Waals surface area contributed by atoms with Gasteiger partial charge in [-0.15, -0.1) is 0 Å². The van der Waals surface area contributed by atoms with Gasteiger partial charge in [0.05, 0.1) is 30.9 Å². The van der Waals surface area contributed by atoms with Gasteiger partial charge >= 0.3 is 18.0 Å². The van der Waals surface area contributed by atoms with E-state index in [1.807, 2.05) is 60.7 Å². The average molecular weight is 714 g/mol. The number of ether oxygens (including phenoxy) is 3. The summed E-state index contributed by atoms with van der Waals surface area (Å²) in [4.78, 5) is 66.8. The van der Waals surface area contributed by atoms with E-state index < -0.39 is 70.4 Å². The van der Waals surface area contributed by atoms with Crippen LogP contribution >= 0.6 is 0 Å². The Morgan fingerprint density at radius 1 is 0.788 bits per heavy atom. The van der Waals surface area contributed by atoms with Crippen molar-refractivity contribution >= 4 is 35.5 Å². The first-order valence-electron chi connectivity index (χ1n) is 17.6. The van der Waals surface area contributed by atoms with Crippen molar-refractivity contribution in [3.05, 3.63) is 102 Å². The summed E-state index contributed by atoms with van der Waals surface area (Å²) in [6.45, 7) is 8.74. The Kier molecular flexibility index (Phi) is 11.4. The van der Waals surface area contributed by atoms with E-state index in [1.165, 1.54) is 0 Å². The maximum Gasteiger partial charge on any atom is 0.412 e. The summed E-state index contributed by atoms with van der Waals surface area (Å²) in [6, 6.07) is 25.6. The van der Waals surface area contributed by atoms with Gasteiger partial charge in [-0.25, -0.2) is 9.59 Å². The zero-order valence-corrected chi connectivity index (χ0v) is 30.1. The van der Waals surface area contributed by atoms with E-state index in [4.69, 9.17) is 14.2 Å². The molecule has 2 fully saturated rings. The number of amides is 3. The average Bonchev–Trinajstić information content (AvgIpc) is 3.80. The Labute approximate surface area is 303 Å². The van der Waals surface area contributed by atoms with Crippen LogP contribution in [0.4, 0.5) is 10.5 Å². The second-order valence-corrected chi connectivity index (χ2v) is 14.1. The quantitative estimate of drug-likeness (QED) is 0.110. The number of aliphatic hydroxyl groups is 1. The Bertz CT molecular complexity index is 1740. The monoisotopic (exact) mass is 713 g/mol. The molecule has 3 aromatic rings. The molecule has 0 aliphatic heterocycles. The first kappa shape index (κ1) is 38.0. The number of nitrogens with one attached hydrogen (secondary N) is 3. The molecular weight excluding hydrogens is 666 g/mol. The van der Waals surface area contributed by atoms with E-state index in [-0.39, 0.29) is 32.5 Å². The predicted molar refractivity (Wildman–Crippen MR) is 192 cm³/mol. The molecule has 52 heavy (non-hydrogen) atoms. The summed E-state index contributed by atoms with van der Waals surface area (Å²) in [5.41, 5.74) is -1.44. The van der Waals surface area contributed by atoms with Gasteiger partial charge in [0.15, 0.2) is 0 Å². The molecule has 3 amide bonds. The van der Waals surface area contributed by atoms with Crippen LogP contribution in [0.15, 0.2) is 84.9 Å². The highest BCUT2D eigenvalue weighted by atomic mass is 16.6. The molecule has 0 spiro atoms. The van der Waals surface area contributed by atoms with E-state index >= 15 is 0 Å². The maximum atomic E-state index is 14.1. The van der Waals surface area contributed by atoms with Crippen LogP contribution in [0.5, 0.6) is 0 Å². The number of fused-ring (bicyclic) bond motifs is 1. The number of hydrogen-bond acceptors (Lipinski definition) is 9. The summed E-state index contributed by atoms with van der Waals surface area (Å²) in [5.74, 6) is -4.42. The van der Waals surface area contributed by atoms with Gasteiger partial charge in [-0.2, -0.15) is 0 Å². The Balaban J connectivity index is 1.45. The molecule has 0 unspecified atom stereocenters. The van der Waals surface area contributed by atoms with E-state index in [9.17, 15) is 29.1 Å². The second-order valence-electron chi connectivity index (χ2n) is 14.1. The van der Waals surface area contributed by atoms with E-state index in [2.05, 4.69) is 16.0 Å². The molecule has 0 radical (unpaired) electrons. The van der Waals surface area contributed by atoms with Crippen LogP contribution in [0.25, 0.3) is 0 Å². The topological polar surface area (TPSA) is 169 Å². The van der Waals surface area contributed by atoms with E-state index in [1.54, 1.807) is 58.9 Å². The van der Waals surface area contributed by atoms with Gasteiger partial charge < -0.3 is 30.0 Å². The molecule has 5 atom stereocenters. The largest absolute Gasteiger partial charge is 0.466 e. The predicted octanol–water partition coefficient (Wildman–Crippen LogP) is 4.83. The molecule has 0 aromatic heterocycles. The molecule has 12 heteroatoms. The van der Waals surface area contributed by atoms with Crippen molar-refractivity contribution in [2.75, 3.05) is 18.5 Å². The normalized spacial score (nSPS) is 22.0. The minimum atomic E-state index is -1.64. The molecule has 2 saturated carbocycles. The highest BCUT2D eigenvalue weighted by Gasteiger charge is 2.76. The first-order valence-corrected chi connectivity index (χ1v) is 17.6. The molecule has 2 aliphatic carbocycles. The van der Waals surface area contributed by atoms with Gasteiger partial charge in [-0.3, -0.25) is 19.7 Å². The van der Waals surface area contributed by atoms with Crippen molar-refractivity contribution in [3.8, 4) is 0 Å². The number of hydrogen-bond donors (Lipinski definition) is 4. The molecule has 3 aromatic carbocycles. The molecule has 12 nitrogen and oxygen atoms in total. The molecule has 0 heterocycles. The minimum absolute atomic E-state index is 0.0295. The number of esters is 2. The number of para-hydroxylation sites is 1. The lowest BCUT2D eigenvalue weighted by molar-refractivity contribution is -0.156. The van der Waals surface area contributed by atoms with E-state index in [0.717, 1.165) is 0 Å². The lowest BCUT2D eigenvalue weighted by Crippen LogP contribution is -2.57. The van der Waals surface area contributed by atoms with Gasteiger partial charge in [0, 0.05) is 36.7 Å². The van der Waals surface area contributed by atoms with Crippen LogP contribution < -0.4 is 16.0 Å². The third-order valence-electron chi connectivity index (χ3n) is 9.47. The van der Waals surface area contributed by atoms with Crippen LogP contribution in [0.1, 0.15) is 70.6 Å². The summed E-state index contributed by atoms with van der Waals surface area (Å²) >= 11 is 0. The Hall–Kier alpha value is -5.23. The minimum Gasteiger partial charge on any atom is -0.466 e. The Morgan fingerprint density at radius 2 is 1.35 bits per heavy atom. The van der Waals surface area contributed by atoms with Crippen molar-refractivity contribution in [1.82, 2.24) is 10.6 Å². The SMILES string of the molecule is CCOC(=O)[C@H]1[C@H]2[C@@H]1[C@](NC(=O)CCC(=O)NC(c1ccccc1)(c1ccccc1)c1ccccc1NC(=O)OC(C)(C)C)(C(=O)OCC)C[C@@H]2O. The highest BCUT2D eigenvalue weighted by Crippen LogP contribution is 2.63. The van der Waals surface area contributed by atoms with Gasteiger partial charge in [-0.05, 0) is 51.8 Å². The molecule has 4 N–H and O–H groups in total. The van der Waals surface area contributed by atoms with Gasteiger partial charge in [-0.1, -0.05) is 78.9 Å². The van der Waals surface area contributed by atoms with Crippen LogP contribution in [-0.2, 0) is 38.9 Å². The maximum absolute atomic E-state index is 14.1. The summed E-state index contributed by atoms with van der Waals surface area (Å²) in [7, 11) is 0. The van der Waals surface area contributed by atoms with Crippen LogP contribution in [-0.4, -0.2) is 65.4 Å². The molecule has 0 saturated heterocycles. The van der Waals surface area contributed by atoms with Gasteiger partial charge in [0.1, 0.15) is 16.7 Å². The van der Waals surface area contributed by atoms with Crippen molar-refractivity contribution in [1.29, 1.82) is 0 Å². The van der Waals surface area contributed by atoms with Crippen LogP contribution in [0.3, 0.4) is 0 Å². The fourth-order valence-corrected chi connectivity index (χ4v) is 7.47. The van der Waals surface area contributed by atoms with Crippen LogP contribution in [0.2, 0.25) is 0 Å². The van der Waals surface area contributed by atoms with Crippen LogP contribution in [0, 0.1) is 17.8 Å². The fourth-order valence-electron chi connectivity index (χ4n) is 7.47. The second kappa shape index (κ2) is 15.6.